The Kier molecular flexibility index (Phi) is 4.14. The number of amides is 2. The fraction of sp³-hybridized carbons (Fsp3) is 0.333. The molecule has 0 spiro atoms. The number of pyridine rings is 1. The Balaban J connectivity index is 2.01. The van der Waals surface area contributed by atoms with Gasteiger partial charge in [0.25, 0.3) is 0 Å². The van der Waals surface area contributed by atoms with E-state index < -0.39 is 0 Å². The van der Waals surface area contributed by atoms with Gasteiger partial charge in [-0.15, -0.1) is 10.2 Å². The van der Waals surface area contributed by atoms with E-state index in [1.54, 1.807) is 29.2 Å². The van der Waals surface area contributed by atoms with Crippen LogP contribution in [0.3, 0.4) is 0 Å². The van der Waals surface area contributed by atoms with Gasteiger partial charge in [0.2, 0.25) is 5.88 Å². The number of anilines is 1. The standard InChI is InChI=1S/C12H16N6O2/c1-8(10-17-14-7-18(10)2)15-12(19)16-9-5-4-6-13-11(9)20-3/h4-8H,1-3H3,(H2,15,16,19). The number of methoxy groups -OCH3 is 1. The van der Waals surface area contributed by atoms with Crippen LogP contribution in [-0.2, 0) is 7.05 Å². The zero-order chi connectivity index (χ0) is 14.5. The third-order valence-electron chi connectivity index (χ3n) is 2.69. The van der Waals surface area contributed by atoms with Gasteiger partial charge in [0.15, 0.2) is 5.82 Å². The second kappa shape index (κ2) is 6.00. The molecule has 1 unspecified atom stereocenters. The second-order valence-corrected chi connectivity index (χ2v) is 4.18. The van der Waals surface area contributed by atoms with Crippen LogP contribution in [0.2, 0.25) is 0 Å². The zero-order valence-electron chi connectivity index (χ0n) is 11.5. The molecule has 0 bridgehead atoms. The van der Waals surface area contributed by atoms with Crippen molar-refractivity contribution in [3.63, 3.8) is 0 Å². The molecule has 2 rings (SSSR count). The lowest BCUT2D eigenvalue weighted by Crippen LogP contribution is -2.32. The summed E-state index contributed by atoms with van der Waals surface area (Å²) in [6.07, 6.45) is 3.17. The number of aromatic nitrogens is 4. The van der Waals surface area contributed by atoms with E-state index in [2.05, 4.69) is 25.8 Å². The lowest BCUT2D eigenvalue weighted by molar-refractivity contribution is 0.248. The largest absolute Gasteiger partial charge is 0.480 e. The molecule has 0 saturated heterocycles. The SMILES string of the molecule is COc1ncccc1NC(=O)NC(C)c1nncn1C. The van der Waals surface area contributed by atoms with Crippen molar-refractivity contribution in [1.82, 2.24) is 25.1 Å². The van der Waals surface area contributed by atoms with Gasteiger partial charge in [-0.1, -0.05) is 0 Å². The molecule has 1 atom stereocenters. The fourth-order valence-electron chi connectivity index (χ4n) is 1.75. The van der Waals surface area contributed by atoms with Crippen molar-refractivity contribution in [3.05, 3.63) is 30.5 Å². The molecule has 8 heteroatoms. The molecule has 20 heavy (non-hydrogen) atoms. The minimum Gasteiger partial charge on any atom is -0.480 e. The van der Waals surface area contributed by atoms with Gasteiger partial charge in [-0.25, -0.2) is 9.78 Å². The molecule has 0 aliphatic carbocycles. The summed E-state index contributed by atoms with van der Waals surface area (Å²) in [6.45, 7) is 1.82. The smallest absolute Gasteiger partial charge is 0.319 e. The first-order valence-electron chi connectivity index (χ1n) is 6.02. The number of rotatable bonds is 4. The summed E-state index contributed by atoms with van der Waals surface area (Å²) in [7, 11) is 3.31. The Labute approximate surface area is 116 Å². The summed E-state index contributed by atoms with van der Waals surface area (Å²) in [5, 5.41) is 13.2. The van der Waals surface area contributed by atoms with E-state index in [1.165, 1.54) is 7.11 Å². The first kappa shape index (κ1) is 13.8. The van der Waals surface area contributed by atoms with Crippen LogP contribution in [0.15, 0.2) is 24.7 Å². The van der Waals surface area contributed by atoms with Gasteiger partial charge in [0.05, 0.1) is 13.2 Å². The Morgan fingerprint density at radius 1 is 1.50 bits per heavy atom. The van der Waals surface area contributed by atoms with Crippen LogP contribution in [0.4, 0.5) is 10.5 Å². The van der Waals surface area contributed by atoms with Gasteiger partial charge in [0.1, 0.15) is 12.0 Å². The van der Waals surface area contributed by atoms with Crippen LogP contribution in [0.1, 0.15) is 18.8 Å². The van der Waals surface area contributed by atoms with Gasteiger partial charge in [-0.05, 0) is 19.1 Å². The first-order valence-corrected chi connectivity index (χ1v) is 6.02. The van der Waals surface area contributed by atoms with Crippen molar-refractivity contribution in [2.45, 2.75) is 13.0 Å². The molecule has 0 aliphatic rings. The zero-order valence-corrected chi connectivity index (χ0v) is 11.5. The predicted octanol–water partition coefficient (Wildman–Crippen LogP) is 1.10. The minimum absolute atomic E-state index is 0.273. The summed E-state index contributed by atoms with van der Waals surface area (Å²) in [4.78, 5) is 15.9. The fourth-order valence-corrected chi connectivity index (χ4v) is 1.75. The number of ether oxygens (including phenoxy) is 1. The van der Waals surface area contributed by atoms with E-state index in [0.29, 0.717) is 17.4 Å². The van der Waals surface area contributed by atoms with Crippen LogP contribution < -0.4 is 15.4 Å². The summed E-state index contributed by atoms with van der Waals surface area (Å²) in [5.74, 6) is 1.02. The Hall–Kier alpha value is -2.64. The average molecular weight is 276 g/mol. The normalized spacial score (nSPS) is 11.8. The van der Waals surface area contributed by atoms with E-state index in [1.807, 2.05) is 14.0 Å². The molecule has 2 heterocycles. The molecular formula is C12H16N6O2. The van der Waals surface area contributed by atoms with Crippen LogP contribution in [0.25, 0.3) is 0 Å². The maximum Gasteiger partial charge on any atom is 0.319 e. The van der Waals surface area contributed by atoms with E-state index >= 15 is 0 Å². The monoisotopic (exact) mass is 276 g/mol. The number of nitrogens with one attached hydrogen (secondary N) is 2. The molecule has 2 aromatic heterocycles. The molecule has 2 amide bonds. The molecule has 0 aromatic carbocycles. The number of carbonyl (C=O) groups is 1. The number of hydrogen-bond acceptors (Lipinski definition) is 5. The van der Waals surface area contributed by atoms with Crippen LogP contribution in [0.5, 0.6) is 5.88 Å². The highest BCUT2D eigenvalue weighted by Gasteiger charge is 2.15. The highest BCUT2D eigenvalue weighted by Crippen LogP contribution is 2.19. The number of nitrogens with zero attached hydrogens (tertiary/aromatic N) is 4. The van der Waals surface area contributed by atoms with Crippen molar-refractivity contribution in [2.24, 2.45) is 7.05 Å². The quantitative estimate of drug-likeness (QED) is 0.872. The maximum atomic E-state index is 11.9. The van der Waals surface area contributed by atoms with E-state index in [9.17, 15) is 4.79 Å². The van der Waals surface area contributed by atoms with E-state index in [-0.39, 0.29) is 12.1 Å². The molecule has 106 valence electrons. The number of aryl methyl sites for hydroxylation is 1. The molecule has 2 aromatic rings. The van der Waals surface area contributed by atoms with Gasteiger partial charge in [-0.2, -0.15) is 0 Å². The molecule has 2 N–H and O–H groups in total. The van der Waals surface area contributed by atoms with Crippen molar-refractivity contribution in [2.75, 3.05) is 12.4 Å². The maximum absolute atomic E-state index is 11.9. The van der Waals surface area contributed by atoms with Crippen molar-refractivity contribution >= 4 is 11.7 Å². The lowest BCUT2D eigenvalue weighted by atomic mass is 10.3. The van der Waals surface area contributed by atoms with Crippen LogP contribution >= 0.6 is 0 Å². The summed E-state index contributed by atoms with van der Waals surface area (Å²) < 4.78 is 6.81. The number of urea groups is 1. The highest BCUT2D eigenvalue weighted by molar-refractivity contribution is 5.90. The molecule has 0 aliphatic heterocycles. The third kappa shape index (κ3) is 3.02. The third-order valence-corrected chi connectivity index (χ3v) is 2.69. The average Bonchev–Trinajstić information content (AvgIpc) is 2.85. The van der Waals surface area contributed by atoms with Crippen molar-refractivity contribution in [1.29, 1.82) is 0 Å². The van der Waals surface area contributed by atoms with E-state index in [0.717, 1.165) is 0 Å². The predicted molar refractivity (Wildman–Crippen MR) is 72.4 cm³/mol. The number of carbonyl (C=O) groups excluding carboxylic acids is 1. The summed E-state index contributed by atoms with van der Waals surface area (Å²) >= 11 is 0. The van der Waals surface area contributed by atoms with Crippen LogP contribution in [-0.4, -0.2) is 32.9 Å². The summed E-state index contributed by atoms with van der Waals surface area (Å²) in [5.41, 5.74) is 0.498. The second-order valence-electron chi connectivity index (χ2n) is 4.18. The molecule has 0 radical (unpaired) electrons. The van der Waals surface area contributed by atoms with Crippen LogP contribution in [0, 0.1) is 0 Å². The minimum atomic E-state index is -0.369. The van der Waals surface area contributed by atoms with Crippen molar-refractivity contribution in [3.8, 4) is 5.88 Å². The summed E-state index contributed by atoms with van der Waals surface area (Å²) in [6, 6.07) is 2.78. The van der Waals surface area contributed by atoms with E-state index in [4.69, 9.17) is 4.74 Å². The highest BCUT2D eigenvalue weighted by atomic mass is 16.5. The first-order chi connectivity index (χ1) is 9.61. The number of hydrogen-bond donors (Lipinski definition) is 2. The Morgan fingerprint density at radius 2 is 2.30 bits per heavy atom. The molecule has 8 nitrogen and oxygen atoms in total. The Bertz CT molecular complexity index is 597. The molecule has 0 fully saturated rings. The van der Waals surface area contributed by atoms with Gasteiger partial charge in [-0.3, -0.25) is 0 Å². The van der Waals surface area contributed by atoms with Gasteiger partial charge >= 0.3 is 6.03 Å². The van der Waals surface area contributed by atoms with Crippen molar-refractivity contribution < 1.29 is 9.53 Å². The molecule has 0 saturated carbocycles. The topological polar surface area (TPSA) is 94.0 Å². The lowest BCUT2D eigenvalue weighted by Gasteiger charge is -2.14. The van der Waals surface area contributed by atoms with Gasteiger partial charge in [0, 0.05) is 13.2 Å². The molecular weight excluding hydrogens is 260 g/mol. The Morgan fingerprint density at radius 3 is 2.95 bits per heavy atom. The van der Waals surface area contributed by atoms with Gasteiger partial charge < -0.3 is 19.9 Å².